The molecule has 1 heterocycles. The van der Waals surface area contributed by atoms with E-state index in [1.807, 2.05) is 0 Å². The van der Waals surface area contributed by atoms with Crippen LogP contribution in [0.25, 0.3) is 0 Å². The van der Waals surface area contributed by atoms with Crippen LogP contribution < -0.4 is 15.8 Å². The zero-order valence-electron chi connectivity index (χ0n) is 23.9. The van der Waals surface area contributed by atoms with Crippen molar-refractivity contribution in [2.75, 3.05) is 20.2 Å². The van der Waals surface area contributed by atoms with Crippen molar-refractivity contribution in [2.24, 2.45) is 23.5 Å². The molecular formula is C30H46N4O5. The molecule has 2 aliphatic carbocycles. The average Bonchev–Trinajstić information content (AvgIpc) is 2.93. The van der Waals surface area contributed by atoms with Crippen molar-refractivity contribution in [2.45, 2.75) is 96.5 Å². The number of benzene rings is 1. The molecule has 3 fully saturated rings. The fourth-order valence-electron chi connectivity index (χ4n) is 6.42. The summed E-state index contributed by atoms with van der Waals surface area (Å²) < 4.78 is 11.5. The second-order valence-electron chi connectivity index (χ2n) is 12.0. The molecule has 1 aliphatic heterocycles. The minimum atomic E-state index is -1.08. The summed E-state index contributed by atoms with van der Waals surface area (Å²) in [5.74, 6) is 1.04. The van der Waals surface area contributed by atoms with Crippen LogP contribution in [0.4, 0.5) is 4.79 Å². The number of hydrogen-bond acceptors (Lipinski definition) is 6. The van der Waals surface area contributed by atoms with E-state index in [9.17, 15) is 14.4 Å². The van der Waals surface area contributed by atoms with Gasteiger partial charge in [-0.3, -0.25) is 14.5 Å². The Hall–Kier alpha value is -2.81. The topological polar surface area (TPSA) is 114 Å². The van der Waals surface area contributed by atoms with E-state index < -0.39 is 12.3 Å². The van der Waals surface area contributed by atoms with E-state index in [2.05, 4.69) is 26.1 Å². The molecule has 3 aliphatic rings. The van der Waals surface area contributed by atoms with E-state index in [1.165, 1.54) is 9.80 Å². The normalized spacial score (nSPS) is 29.6. The summed E-state index contributed by atoms with van der Waals surface area (Å²) in [6, 6.07) is 7.00. The van der Waals surface area contributed by atoms with Crippen LogP contribution in [0, 0.1) is 17.8 Å². The molecule has 4 unspecified atom stereocenters. The summed E-state index contributed by atoms with van der Waals surface area (Å²) in [6.07, 6.45) is 4.95. The van der Waals surface area contributed by atoms with Crippen molar-refractivity contribution in [1.82, 2.24) is 15.1 Å². The van der Waals surface area contributed by atoms with Crippen LogP contribution in [0.5, 0.6) is 5.75 Å². The van der Waals surface area contributed by atoms with E-state index in [0.717, 1.165) is 44.9 Å². The van der Waals surface area contributed by atoms with Crippen molar-refractivity contribution < 1.29 is 23.9 Å². The number of rotatable bonds is 6. The van der Waals surface area contributed by atoms with Gasteiger partial charge >= 0.3 is 6.09 Å². The van der Waals surface area contributed by atoms with E-state index in [1.54, 1.807) is 31.4 Å². The lowest BCUT2D eigenvalue weighted by atomic mass is 9.75. The maximum Gasteiger partial charge on any atom is 0.412 e. The van der Waals surface area contributed by atoms with Crippen molar-refractivity contribution in [1.29, 1.82) is 0 Å². The molecule has 9 nitrogen and oxygen atoms in total. The van der Waals surface area contributed by atoms with Gasteiger partial charge in [-0.1, -0.05) is 33.3 Å². The number of carbonyl (C=O) groups excluding carboxylic acids is 3. The van der Waals surface area contributed by atoms with Gasteiger partial charge in [-0.25, -0.2) is 4.79 Å². The van der Waals surface area contributed by atoms with Gasteiger partial charge in [0, 0.05) is 30.7 Å². The maximum atomic E-state index is 13.8. The number of nitrogens with zero attached hydrogens (tertiary/aromatic N) is 2. The molecule has 9 heteroatoms. The first kappa shape index (κ1) is 29.2. The average molecular weight is 543 g/mol. The van der Waals surface area contributed by atoms with Crippen molar-refractivity contribution in [3.63, 3.8) is 0 Å². The van der Waals surface area contributed by atoms with Crippen LogP contribution in [-0.4, -0.2) is 72.3 Å². The van der Waals surface area contributed by atoms with Crippen molar-refractivity contribution in [3.8, 4) is 5.75 Å². The summed E-state index contributed by atoms with van der Waals surface area (Å²) >= 11 is 0. The Kier molecular flexibility index (Phi) is 9.75. The fraction of sp³-hybridized carbons (Fsp3) is 0.700. The number of ether oxygens (including phenoxy) is 2. The Morgan fingerprint density at radius 1 is 1.03 bits per heavy atom. The Morgan fingerprint density at radius 3 is 2.44 bits per heavy atom. The molecule has 0 radical (unpaired) electrons. The van der Waals surface area contributed by atoms with Gasteiger partial charge in [-0.2, -0.15) is 0 Å². The Bertz CT molecular complexity index is 1010. The lowest BCUT2D eigenvalue weighted by Crippen LogP contribution is -2.65. The fourth-order valence-corrected chi connectivity index (χ4v) is 6.42. The third kappa shape index (κ3) is 7.04. The minimum absolute atomic E-state index is 0.0321. The molecule has 0 spiro atoms. The van der Waals surface area contributed by atoms with Gasteiger partial charge in [0.25, 0.3) is 11.8 Å². The molecule has 216 valence electrons. The van der Waals surface area contributed by atoms with Gasteiger partial charge in [0.05, 0.1) is 7.11 Å². The summed E-state index contributed by atoms with van der Waals surface area (Å²) in [7, 11) is 1.55. The second kappa shape index (κ2) is 13.0. The number of nitrogens with one attached hydrogen (secondary N) is 1. The minimum Gasteiger partial charge on any atom is -0.497 e. The van der Waals surface area contributed by atoms with Crippen LogP contribution in [-0.2, 0) is 9.53 Å². The smallest absolute Gasteiger partial charge is 0.412 e. The van der Waals surface area contributed by atoms with Crippen LogP contribution in [0.3, 0.4) is 0 Å². The Labute approximate surface area is 232 Å². The van der Waals surface area contributed by atoms with Crippen LogP contribution in [0.1, 0.15) is 82.5 Å². The molecular weight excluding hydrogens is 496 g/mol. The monoisotopic (exact) mass is 542 g/mol. The number of amides is 3. The molecule has 1 aromatic rings. The molecule has 2 saturated carbocycles. The maximum absolute atomic E-state index is 13.8. The summed E-state index contributed by atoms with van der Waals surface area (Å²) in [5, 5.41) is 3.13. The molecule has 1 saturated heterocycles. The zero-order valence-corrected chi connectivity index (χ0v) is 23.9. The summed E-state index contributed by atoms with van der Waals surface area (Å²) in [6.45, 7) is 7.25. The van der Waals surface area contributed by atoms with E-state index in [0.29, 0.717) is 42.7 Å². The molecule has 0 bridgehead atoms. The molecule has 4 rings (SSSR count). The Balaban J connectivity index is 1.58. The van der Waals surface area contributed by atoms with Gasteiger partial charge in [-0.05, 0) is 80.9 Å². The highest BCUT2D eigenvalue weighted by atomic mass is 16.6. The lowest BCUT2D eigenvalue weighted by molar-refractivity contribution is -0.135. The first-order valence-corrected chi connectivity index (χ1v) is 14.7. The predicted molar refractivity (Wildman–Crippen MR) is 149 cm³/mol. The van der Waals surface area contributed by atoms with Gasteiger partial charge < -0.3 is 25.4 Å². The first-order valence-electron chi connectivity index (χ1n) is 14.7. The van der Waals surface area contributed by atoms with Gasteiger partial charge in [0.1, 0.15) is 11.9 Å². The largest absolute Gasteiger partial charge is 0.497 e. The summed E-state index contributed by atoms with van der Waals surface area (Å²) in [5.41, 5.74) is 6.48. The van der Waals surface area contributed by atoms with Gasteiger partial charge in [0.2, 0.25) is 0 Å². The third-order valence-electron chi connectivity index (χ3n) is 8.77. The molecule has 39 heavy (non-hydrogen) atoms. The SMILES string of the molecule is COc1cccc(C(=O)N2CCCN(C(=O)OC3CC(C)CCC3C(C)C)C2C(=O)NC2CCC(N)CC2)c1. The molecule has 0 aromatic heterocycles. The highest BCUT2D eigenvalue weighted by Gasteiger charge is 2.44. The van der Waals surface area contributed by atoms with Crippen molar-refractivity contribution >= 4 is 17.9 Å². The molecule has 3 amide bonds. The zero-order chi connectivity index (χ0) is 28.1. The van der Waals surface area contributed by atoms with Crippen LogP contribution >= 0.6 is 0 Å². The number of methoxy groups -OCH3 is 1. The van der Waals surface area contributed by atoms with Gasteiger partial charge in [0.15, 0.2) is 6.17 Å². The third-order valence-corrected chi connectivity index (χ3v) is 8.77. The lowest BCUT2D eigenvalue weighted by Gasteiger charge is -2.44. The van der Waals surface area contributed by atoms with Gasteiger partial charge in [-0.15, -0.1) is 0 Å². The molecule has 3 N–H and O–H groups in total. The molecule has 4 atom stereocenters. The molecule has 1 aromatic carbocycles. The highest BCUT2D eigenvalue weighted by molar-refractivity contribution is 5.98. The predicted octanol–water partition coefficient (Wildman–Crippen LogP) is 4.15. The number of hydrogen-bond donors (Lipinski definition) is 2. The number of carbonyl (C=O) groups is 3. The quantitative estimate of drug-likeness (QED) is 0.558. The van der Waals surface area contributed by atoms with E-state index in [-0.39, 0.29) is 35.9 Å². The van der Waals surface area contributed by atoms with Crippen LogP contribution in [0.15, 0.2) is 24.3 Å². The Morgan fingerprint density at radius 2 is 1.74 bits per heavy atom. The highest BCUT2D eigenvalue weighted by Crippen LogP contribution is 2.36. The first-order chi connectivity index (χ1) is 18.7. The van der Waals surface area contributed by atoms with Crippen molar-refractivity contribution in [3.05, 3.63) is 29.8 Å². The van der Waals surface area contributed by atoms with E-state index in [4.69, 9.17) is 15.2 Å². The number of nitrogens with two attached hydrogens (primary N) is 1. The second-order valence-corrected chi connectivity index (χ2v) is 12.0. The van der Waals surface area contributed by atoms with E-state index >= 15 is 0 Å². The van der Waals surface area contributed by atoms with Crippen LogP contribution in [0.2, 0.25) is 0 Å². The summed E-state index contributed by atoms with van der Waals surface area (Å²) in [4.78, 5) is 44.3. The standard InChI is InChI=1S/C30H46N4O5/c1-19(2)25-14-9-20(3)17-26(25)39-30(37)34-16-6-15-33(29(36)21-7-5-8-24(18-21)38-4)28(34)27(35)32-23-12-10-22(31)11-13-23/h5,7-8,18-20,22-23,25-26,28H,6,9-17,31H2,1-4H3,(H,32,35).